The maximum Gasteiger partial charge on any atom is 0.320 e. The van der Waals surface area contributed by atoms with Crippen LogP contribution in [-0.4, -0.2) is 22.9 Å². The van der Waals surface area contributed by atoms with Crippen molar-refractivity contribution in [3.05, 3.63) is 51.7 Å². The summed E-state index contributed by atoms with van der Waals surface area (Å²) in [6.45, 7) is 0. The zero-order valence-corrected chi connectivity index (χ0v) is 13.3. The molecule has 5 heteroatoms. The van der Waals surface area contributed by atoms with Gasteiger partial charge in [0.25, 0.3) is 0 Å². The van der Waals surface area contributed by atoms with Crippen LogP contribution in [0.1, 0.15) is 16.7 Å². The number of carboxylic acids is 1. The molecule has 0 spiro atoms. The van der Waals surface area contributed by atoms with Crippen LogP contribution in [0.4, 0.5) is 0 Å². The first-order valence-electron chi connectivity index (χ1n) is 6.67. The van der Waals surface area contributed by atoms with Crippen LogP contribution in [0.5, 0.6) is 5.75 Å². The van der Waals surface area contributed by atoms with Gasteiger partial charge in [-0.15, -0.1) is 11.8 Å². The quantitative estimate of drug-likeness (QED) is 0.914. The molecule has 3 rings (SSSR count). The van der Waals surface area contributed by atoms with Gasteiger partial charge in [0.2, 0.25) is 0 Å². The van der Waals surface area contributed by atoms with Crippen molar-refractivity contribution in [3.63, 3.8) is 0 Å². The van der Waals surface area contributed by atoms with E-state index in [1.165, 1.54) is 22.9 Å². The predicted molar refractivity (Wildman–Crippen MR) is 86.4 cm³/mol. The van der Waals surface area contributed by atoms with E-state index in [-0.39, 0.29) is 0 Å². The van der Waals surface area contributed by atoms with Crippen LogP contribution in [0.25, 0.3) is 0 Å². The maximum absolute atomic E-state index is 11.8. The summed E-state index contributed by atoms with van der Waals surface area (Å²) in [5.74, 6) is 0.811. The lowest BCUT2D eigenvalue weighted by Crippen LogP contribution is -2.36. The Morgan fingerprint density at radius 3 is 2.43 bits per heavy atom. The highest BCUT2D eigenvalue weighted by atomic mass is 32.2. The number of carboxylic acid groups (broad SMARTS) is 1. The van der Waals surface area contributed by atoms with Crippen LogP contribution in [-0.2, 0) is 23.4 Å². The third kappa shape index (κ3) is 2.80. The second-order valence-corrected chi connectivity index (χ2v) is 7.31. The van der Waals surface area contributed by atoms with Crippen LogP contribution >= 0.6 is 23.1 Å². The lowest BCUT2D eigenvalue weighted by molar-refractivity contribution is -0.139. The molecule has 2 aromatic rings. The van der Waals surface area contributed by atoms with Gasteiger partial charge in [0.15, 0.2) is 0 Å². The number of rotatable bonds is 5. The average molecular weight is 320 g/mol. The number of hydrogen-bond acceptors (Lipinski definition) is 4. The van der Waals surface area contributed by atoms with E-state index in [1.807, 2.05) is 24.3 Å². The molecule has 1 aliphatic rings. The lowest BCUT2D eigenvalue weighted by atomic mass is 10.1. The molecule has 1 aromatic heterocycles. The second kappa shape index (κ2) is 5.73. The molecule has 1 aliphatic carbocycles. The molecule has 0 unspecified atom stereocenters. The van der Waals surface area contributed by atoms with E-state index in [9.17, 15) is 9.90 Å². The van der Waals surface area contributed by atoms with Crippen molar-refractivity contribution < 1.29 is 14.6 Å². The summed E-state index contributed by atoms with van der Waals surface area (Å²) in [7, 11) is 1.64. The first kappa shape index (κ1) is 14.5. The summed E-state index contributed by atoms with van der Waals surface area (Å²) in [6, 6.07) is 7.81. The molecule has 3 nitrogen and oxygen atoms in total. The Morgan fingerprint density at radius 1 is 1.29 bits per heavy atom. The summed E-state index contributed by atoms with van der Waals surface area (Å²) >= 11 is 3.19. The first-order chi connectivity index (χ1) is 10.1. The van der Waals surface area contributed by atoms with E-state index < -0.39 is 10.7 Å². The molecule has 0 amide bonds. The number of ether oxygens (including phenoxy) is 1. The van der Waals surface area contributed by atoms with Gasteiger partial charge in [-0.3, -0.25) is 4.79 Å². The summed E-state index contributed by atoms with van der Waals surface area (Å²) in [6.07, 6.45) is 1.25. The molecule has 0 radical (unpaired) electrons. The monoisotopic (exact) mass is 320 g/mol. The molecule has 1 N–H and O–H groups in total. The topological polar surface area (TPSA) is 46.5 Å². The van der Waals surface area contributed by atoms with E-state index in [0.29, 0.717) is 18.6 Å². The van der Waals surface area contributed by atoms with E-state index in [0.717, 1.165) is 11.3 Å². The van der Waals surface area contributed by atoms with Gasteiger partial charge in [-0.05, 0) is 52.4 Å². The molecule has 1 aromatic carbocycles. The Labute approximate surface area is 132 Å². The highest BCUT2D eigenvalue weighted by molar-refractivity contribution is 8.00. The number of benzene rings is 1. The van der Waals surface area contributed by atoms with Crippen molar-refractivity contribution in [3.8, 4) is 5.75 Å². The molecular formula is C16H16O3S2. The summed E-state index contributed by atoms with van der Waals surface area (Å²) in [4.78, 5) is 11.8. The number of fused-ring (bicyclic) bond motifs is 1. The highest BCUT2D eigenvalue weighted by Gasteiger charge is 2.44. The molecule has 1 heterocycles. The standard InChI is InChI=1S/C16H16O3S2/c1-19-14-4-2-11(3-5-14)8-21-16(15(17)18)6-12-9-20-10-13(12)7-16/h2-5,9-10H,6-8H2,1H3,(H,17,18). The summed E-state index contributed by atoms with van der Waals surface area (Å²) in [5.41, 5.74) is 3.52. The molecule has 110 valence electrons. The van der Waals surface area contributed by atoms with Crippen molar-refractivity contribution in [1.82, 2.24) is 0 Å². The smallest absolute Gasteiger partial charge is 0.320 e. The Kier molecular flexibility index (Phi) is 3.95. The van der Waals surface area contributed by atoms with Crippen LogP contribution < -0.4 is 4.74 Å². The van der Waals surface area contributed by atoms with Gasteiger partial charge in [-0.2, -0.15) is 11.3 Å². The molecule has 0 saturated heterocycles. The van der Waals surface area contributed by atoms with Crippen molar-refractivity contribution in [2.75, 3.05) is 7.11 Å². The number of thiophene rings is 1. The number of methoxy groups -OCH3 is 1. The predicted octanol–water partition coefficient (Wildman–Crippen LogP) is 3.61. The molecule has 0 bridgehead atoms. The van der Waals surface area contributed by atoms with Gasteiger partial charge in [0.05, 0.1) is 7.11 Å². The Morgan fingerprint density at radius 2 is 1.90 bits per heavy atom. The SMILES string of the molecule is COc1ccc(CSC2(C(=O)O)Cc3cscc3C2)cc1. The Balaban J connectivity index is 1.72. The fraction of sp³-hybridized carbons (Fsp3) is 0.312. The molecule has 0 fully saturated rings. The van der Waals surface area contributed by atoms with Crippen molar-refractivity contribution in [2.45, 2.75) is 23.3 Å². The number of aliphatic carboxylic acids is 1. The zero-order chi connectivity index (χ0) is 14.9. The fourth-order valence-electron chi connectivity index (χ4n) is 2.60. The fourth-order valence-corrected chi connectivity index (χ4v) is 4.74. The average Bonchev–Trinajstić information content (AvgIpc) is 3.05. The minimum absolute atomic E-state index is 0.627. The Hall–Kier alpha value is -1.46. The van der Waals surface area contributed by atoms with Crippen LogP contribution in [0, 0.1) is 0 Å². The van der Waals surface area contributed by atoms with Gasteiger partial charge in [0, 0.05) is 5.75 Å². The normalized spacial score (nSPS) is 15.7. The molecule has 0 aliphatic heterocycles. The lowest BCUT2D eigenvalue weighted by Gasteiger charge is -2.23. The van der Waals surface area contributed by atoms with Crippen molar-refractivity contribution in [2.24, 2.45) is 0 Å². The van der Waals surface area contributed by atoms with E-state index in [1.54, 1.807) is 18.4 Å². The third-order valence-electron chi connectivity index (χ3n) is 3.85. The van der Waals surface area contributed by atoms with E-state index in [4.69, 9.17) is 4.74 Å². The van der Waals surface area contributed by atoms with Crippen molar-refractivity contribution in [1.29, 1.82) is 0 Å². The van der Waals surface area contributed by atoms with Gasteiger partial charge in [-0.25, -0.2) is 0 Å². The highest BCUT2D eigenvalue weighted by Crippen LogP contribution is 2.43. The van der Waals surface area contributed by atoms with E-state index >= 15 is 0 Å². The Bertz CT molecular complexity index is 625. The first-order valence-corrected chi connectivity index (χ1v) is 8.60. The maximum atomic E-state index is 11.8. The van der Waals surface area contributed by atoms with Gasteiger partial charge in [0.1, 0.15) is 10.5 Å². The van der Waals surface area contributed by atoms with Gasteiger partial charge < -0.3 is 9.84 Å². The molecular weight excluding hydrogens is 304 g/mol. The van der Waals surface area contributed by atoms with Crippen LogP contribution in [0.3, 0.4) is 0 Å². The van der Waals surface area contributed by atoms with Crippen molar-refractivity contribution >= 4 is 29.1 Å². The summed E-state index contributed by atoms with van der Waals surface area (Å²) < 4.78 is 4.43. The van der Waals surface area contributed by atoms with Gasteiger partial charge >= 0.3 is 5.97 Å². The second-order valence-electron chi connectivity index (χ2n) is 5.21. The minimum Gasteiger partial charge on any atom is -0.497 e. The number of hydrogen-bond donors (Lipinski definition) is 1. The van der Waals surface area contributed by atoms with Crippen LogP contribution in [0.2, 0.25) is 0 Å². The summed E-state index contributed by atoms with van der Waals surface area (Å²) in [5, 5.41) is 13.8. The zero-order valence-electron chi connectivity index (χ0n) is 11.7. The van der Waals surface area contributed by atoms with Gasteiger partial charge in [-0.1, -0.05) is 12.1 Å². The minimum atomic E-state index is -0.710. The van der Waals surface area contributed by atoms with E-state index in [2.05, 4.69) is 10.8 Å². The third-order valence-corrected chi connectivity index (χ3v) is 6.18. The van der Waals surface area contributed by atoms with Crippen LogP contribution in [0.15, 0.2) is 35.0 Å². The molecule has 0 atom stereocenters. The largest absolute Gasteiger partial charge is 0.497 e. The molecule has 0 saturated carbocycles. The molecule has 21 heavy (non-hydrogen) atoms. The number of carbonyl (C=O) groups is 1. The number of thioether (sulfide) groups is 1.